The van der Waals surface area contributed by atoms with Crippen molar-refractivity contribution in [1.82, 2.24) is 4.90 Å². The molecule has 0 heterocycles. The van der Waals surface area contributed by atoms with Gasteiger partial charge in [-0.3, -0.25) is 4.90 Å². The number of hydrogen-bond donors (Lipinski definition) is 1. The molecule has 1 unspecified atom stereocenters. The molecule has 3 nitrogen and oxygen atoms in total. The average Bonchev–Trinajstić information content (AvgIpc) is 2.80. The summed E-state index contributed by atoms with van der Waals surface area (Å²) in [6.07, 6.45) is 5.70. The fourth-order valence-electron chi connectivity index (χ4n) is 2.80. The van der Waals surface area contributed by atoms with E-state index < -0.39 is 0 Å². The smallest absolute Gasteiger partial charge is 0.0823 e. The van der Waals surface area contributed by atoms with Crippen molar-refractivity contribution >= 4 is 0 Å². The molecule has 0 aliphatic heterocycles. The van der Waals surface area contributed by atoms with E-state index in [9.17, 15) is 0 Å². The summed E-state index contributed by atoms with van der Waals surface area (Å²) in [6, 6.07) is 0.770. The molecule has 1 atom stereocenters. The highest BCUT2D eigenvalue weighted by Gasteiger charge is 2.25. The van der Waals surface area contributed by atoms with Crippen LogP contribution in [0.15, 0.2) is 0 Å². The van der Waals surface area contributed by atoms with Gasteiger partial charge in [0.25, 0.3) is 0 Å². The van der Waals surface area contributed by atoms with E-state index in [1.54, 1.807) is 0 Å². The van der Waals surface area contributed by atoms with E-state index in [2.05, 4.69) is 18.7 Å². The number of nitrogens with two attached hydrogens (primary N) is 1. The largest absolute Gasteiger partial charge is 0.376 e. The van der Waals surface area contributed by atoms with Gasteiger partial charge >= 0.3 is 0 Å². The number of nitrogens with zero attached hydrogens (tertiary/aromatic N) is 1. The number of rotatable bonds is 8. The third-order valence-electron chi connectivity index (χ3n) is 3.54. The summed E-state index contributed by atoms with van der Waals surface area (Å²) < 4.78 is 5.70. The van der Waals surface area contributed by atoms with Gasteiger partial charge < -0.3 is 10.5 Å². The quantitative estimate of drug-likeness (QED) is 0.709. The molecule has 2 N–H and O–H groups in total. The van der Waals surface area contributed by atoms with E-state index in [1.807, 2.05) is 6.92 Å². The first-order valence-electron chi connectivity index (χ1n) is 7.23. The molecule has 1 saturated carbocycles. The standard InChI is InChI=1S/C14H30N2O/c1-4-17-14(9-15)11-16(10-12(2)3)13-7-5-6-8-13/h12-14H,4-11,15H2,1-3H3. The highest BCUT2D eigenvalue weighted by Crippen LogP contribution is 2.24. The van der Waals surface area contributed by atoms with Crippen molar-refractivity contribution < 1.29 is 4.74 Å². The lowest BCUT2D eigenvalue weighted by Crippen LogP contribution is -2.44. The highest BCUT2D eigenvalue weighted by atomic mass is 16.5. The minimum atomic E-state index is 0.208. The fourth-order valence-corrected chi connectivity index (χ4v) is 2.80. The maximum Gasteiger partial charge on any atom is 0.0823 e. The topological polar surface area (TPSA) is 38.5 Å². The molecule has 0 aromatic carbocycles. The molecule has 0 amide bonds. The monoisotopic (exact) mass is 242 g/mol. The Kier molecular flexibility index (Phi) is 7.09. The summed E-state index contributed by atoms with van der Waals surface area (Å²) in [5, 5.41) is 0. The fraction of sp³-hybridized carbons (Fsp3) is 1.00. The van der Waals surface area contributed by atoms with Gasteiger partial charge in [0.15, 0.2) is 0 Å². The van der Waals surface area contributed by atoms with Gasteiger partial charge in [0.2, 0.25) is 0 Å². The van der Waals surface area contributed by atoms with E-state index in [0.29, 0.717) is 6.54 Å². The van der Waals surface area contributed by atoms with Crippen LogP contribution >= 0.6 is 0 Å². The maximum atomic E-state index is 5.78. The first-order chi connectivity index (χ1) is 8.17. The molecule has 1 fully saturated rings. The molecule has 0 radical (unpaired) electrons. The van der Waals surface area contributed by atoms with E-state index in [1.165, 1.54) is 32.2 Å². The molecule has 1 aliphatic carbocycles. The van der Waals surface area contributed by atoms with Crippen molar-refractivity contribution in [3.8, 4) is 0 Å². The molecule has 1 aliphatic rings. The van der Waals surface area contributed by atoms with E-state index in [0.717, 1.165) is 25.1 Å². The maximum absolute atomic E-state index is 5.78. The summed E-state index contributed by atoms with van der Waals surface area (Å²) in [7, 11) is 0. The summed E-state index contributed by atoms with van der Waals surface area (Å²) in [5.41, 5.74) is 5.78. The Morgan fingerprint density at radius 3 is 2.35 bits per heavy atom. The van der Waals surface area contributed by atoms with Gasteiger partial charge in [-0.05, 0) is 25.7 Å². The molecule has 17 heavy (non-hydrogen) atoms. The van der Waals surface area contributed by atoms with Crippen LogP contribution in [0.25, 0.3) is 0 Å². The van der Waals surface area contributed by atoms with Crippen LogP contribution in [0.1, 0.15) is 46.5 Å². The van der Waals surface area contributed by atoms with Crippen LogP contribution < -0.4 is 5.73 Å². The second kappa shape index (κ2) is 8.06. The first-order valence-corrected chi connectivity index (χ1v) is 7.23. The Balaban J connectivity index is 2.48. The van der Waals surface area contributed by atoms with Crippen molar-refractivity contribution in [3.63, 3.8) is 0 Å². The van der Waals surface area contributed by atoms with Crippen LogP contribution in [-0.4, -0.2) is 43.3 Å². The zero-order valence-corrected chi connectivity index (χ0v) is 11.8. The zero-order chi connectivity index (χ0) is 12.7. The predicted molar refractivity (Wildman–Crippen MR) is 73.1 cm³/mol. The lowest BCUT2D eigenvalue weighted by Gasteiger charge is -2.33. The van der Waals surface area contributed by atoms with Crippen molar-refractivity contribution in [3.05, 3.63) is 0 Å². The van der Waals surface area contributed by atoms with Gasteiger partial charge in [-0.15, -0.1) is 0 Å². The average molecular weight is 242 g/mol. The Bertz CT molecular complexity index is 191. The van der Waals surface area contributed by atoms with Crippen LogP contribution in [0, 0.1) is 5.92 Å². The minimum Gasteiger partial charge on any atom is -0.376 e. The third-order valence-corrected chi connectivity index (χ3v) is 3.54. The summed E-state index contributed by atoms with van der Waals surface area (Å²) in [5.74, 6) is 0.718. The highest BCUT2D eigenvalue weighted by molar-refractivity contribution is 4.80. The summed E-state index contributed by atoms with van der Waals surface area (Å²) in [6.45, 7) is 10.2. The van der Waals surface area contributed by atoms with Crippen molar-refractivity contribution in [2.24, 2.45) is 11.7 Å². The van der Waals surface area contributed by atoms with E-state index >= 15 is 0 Å². The van der Waals surface area contributed by atoms with Gasteiger partial charge in [0, 0.05) is 32.3 Å². The second-order valence-electron chi connectivity index (χ2n) is 5.60. The van der Waals surface area contributed by atoms with Crippen LogP contribution in [0.5, 0.6) is 0 Å². The summed E-state index contributed by atoms with van der Waals surface area (Å²) >= 11 is 0. The Hall–Kier alpha value is -0.120. The van der Waals surface area contributed by atoms with E-state index in [4.69, 9.17) is 10.5 Å². The molecule has 102 valence electrons. The van der Waals surface area contributed by atoms with Crippen molar-refractivity contribution in [2.75, 3.05) is 26.2 Å². The van der Waals surface area contributed by atoms with Crippen LogP contribution in [0.4, 0.5) is 0 Å². The molecule has 0 aromatic rings. The summed E-state index contributed by atoms with van der Waals surface area (Å²) in [4.78, 5) is 2.62. The number of hydrogen-bond acceptors (Lipinski definition) is 3. The molecule has 1 rings (SSSR count). The zero-order valence-electron chi connectivity index (χ0n) is 11.8. The van der Waals surface area contributed by atoms with Crippen LogP contribution in [0.2, 0.25) is 0 Å². The van der Waals surface area contributed by atoms with Gasteiger partial charge in [0.05, 0.1) is 6.10 Å². The third kappa shape index (κ3) is 5.36. The second-order valence-corrected chi connectivity index (χ2v) is 5.60. The molecular weight excluding hydrogens is 212 g/mol. The first kappa shape index (κ1) is 14.9. The van der Waals surface area contributed by atoms with Crippen LogP contribution in [0.3, 0.4) is 0 Å². The van der Waals surface area contributed by atoms with Gasteiger partial charge in [0.1, 0.15) is 0 Å². The molecule has 0 bridgehead atoms. The van der Waals surface area contributed by atoms with Crippen molar-refractivity contribution in [1.29, 1.82) is 0 Å². The Labute approximate surface area is 107 Å². The normalized spacial score (nSPS) is 19.4. The van der Waals surface area contributed by atoms with Crippen LogP contribution in [-0.2, 0) is 4.74 Å². The van der Waals surface area contributed by atoms with Gasteiger partial charge in [-0.2, -0.15) is 0 Å². The van der Waals surface area contributed by atoms with Crippen molar-refractivity contribution in [2.45, 2.75) is 58.6 Å². The molecular formula is C14H30N2O. The van der Waals surface area contributed by atoms with Gasteiger partial charge in [-0.25, -0.2) is 0 Å². The predicted octanol–water partition coefficient (Wildman–Crippen LogP) is 2.25. The lowest BCUT2D eigenvalue weighted by molar-refractivity contribution is 0.0242. The SMILES string of the molecule is CCOC(CN)CN(CC(C)C)C1CCCC1. The molecule has 3 heteroatoms. The molecule has 0 saturated heterocycles. The molecule has 0 spiro atoms. The van der Waals surface area contributed by atoms with Gasteiger partial charge in [-0.1, -0.05) is 26.7 Å². The molecule has 0 aromatic heterocycles. The Morgan fingerprint density at radius 2 is 1.88 bits per heavy atom. The lowest BCUT2D eigenvalue weighted by atomic mass is 10.1. The minimum absolute atomic E-state index is 0.208. The number of ether oxygens (including phenoxy) is 1. The van der Waals surface area contributed by atoms with E-state index in [-0.39, 0.29) is 6.10 Å². The Morgan fingerprint density at radius 1 is 1.24 bits per heavy atom.